The van der Waals surface area contributed by atoms with Crippen LogP contribution < -0.4 is 5.73 Å². The van der Waals surface area contributed by atoms with Gasteiger partial charge in [-0.25, -0.2) is 0 Å². The van der Waals surface area contributed by atoms with E-state index in [1.165, 1.54) is 10.5 Å². The summed E-state index contributed by atoms with van der Waals surface area (Å²) >= 11 is 1.84. The number of thioether (sulfide) groups is 1. The van der Waals surface area contributed by atoms with Crippen LogP contribution >= 0.6 is 11.8 Å². The third-order valence-corrected chi connectivity index (χ3v) is 3.36. The van der Waals surface area contributed by atoms with Crippen LogP contribution in [0.2, 0.25) is 0 Å². The molecule has 78 valence electrons. The summed E-state index contributed by atoms with van der Waals surface area (Å²) in [4.78, 5) is 1.31. The van der Waals surface area contributed by atoms with E-state index in [0.717, 1.165) is 6.54 Å². The molecule has 0 bridgehead atoms. The van der Waals surface area contributed by atoms with Crippen LogP contribution in [0.1, 0.15) is 32.3 Å². The highest BCUT2D eigenvalue weighted by molar-refractivity contribution is 8.00. The standard InChI is InChI=1S/C12H19NS/c1-9(2)11-4-6-12(7-5-11)14-10(3)8-13/h4-7,9-10H,8,13H2,1-3H3. The Morgan fingerprint density at radius 1 is 1.14 bits per heavy atom. The number of benzene rings is 1. The fourth-order valence-corrected chi connectivity index (χ4v) is 2.07. The van der Waals surface area contributed by atoms with Gasteiger partial charge in [-0.1, -0.05) is 32.9 Å². The van der Waals surface area contributed by atoms with Crippen molar-refractivity contribution >= 4 is 11.8 Å². The van der Waals surface area contributed by atoms with Crippen molar-refractivity contribution in [1.82, 2.24) is 0 Å². The molecule has 1 atom stereocenters. The fourth-order valence-electron chi connectivity index (χ4n) is 1.21. The molecule has 2 heteroatoms. The Morgan fingerprint density at radius 2 is 1.71 bits per heavy atom. The first kappa shape index (κ1) is 11.6. The quantitative estimate of drug-likeness (QED) is 0.770. The lowest BCUT2D eigenvalue weighted by Crippen LogP contribution is -2.12. The maximum Gasteiger partial charge on any atom is 0.0189 e. The van der Waals surface area contributed by atoms with Gasteiger partial charge in [0.25, 0.3) is 0 Å². The number of hydrogen-bond donors (Lipinski definition) is 1. The van der Waals surface area contributed by atoms with E-state index in [9.17, 15) is 0 Å². The van der Waals surface area contributed by atoms with Gasteiger partial charge >= 0.3 is 0 Å². The third kappa shape index (κ3) is 3.35. The maximum atomic E-state index is 5.58. The molecule has 0 aliphatic heterocycles. The van der Waals surface area contributed by atoms with E-state index in [2.05, 4.69) is 45.0 Å². The van der Waals surface area contributed by atoms with E-state index >= 15 is 0 Å². The molecule has 0 saturated heterocycles. The number of rotatable bonds is 4. The smallest absolute Gasteiger partial charge is 0.0189 e. The fraction of sp³-hybridized carbons (Fsp3) is 0.500. The lowest BCUT2D eigenvalue weighted by atomic mass is 10.0. The molecule has 0 radical (unpaired) electrons. The third-order valence-electron chi connectivity index (χ3n) is 2.22. The SMILES string of the molecule is CC(CN)Sc1ccc(C(C)C)cc1. The average molecular weight is 209 g/mol. The summed E-state index contributed by atoms with van der Waals surface area (Å²) in [5.41, 5.74) is 6.98. The number of hydrogen-bond acceptors (Lipinski definition) is 2. The van der Waals surface area contributed by atoms with Gasteiger partial charge in [0.1, 0.15) is 0 Å². The zero-order chi connectivity index (χ0) is 10.6. The first-order chi connectivity index (χ1) is 6.63. The predicted molar refractivity (Wildman–Crippen MR) is 64.9 cm³/mol. The van der Waals surface area contributed by atoms with Crippen molar-refractivity contribution in [3.8, 4) is 0 Å². The Balaban J connectivity index is 2.64. The van der Waals surface area contributed by atoms with Crippen LogP contribution in [0.25, 0.3) is 0 Å². The van der Waals surface area contributed by atoms with Gasteiger partial charge in [0.15, 0.2) is 0 Å². The Hall–Kier alpha value is -0.470. The van der Waals surface area contributed by atoms with Gasteiger partial charge in [-0.15, -0.1) is 11.8 Å². The minimum atomic E-state index is 0.500. The van der Waals surface area contributed by atoms with Crippen molar-refractivity contribution in [3.63, 3.8) is 0 Å². The van der Waals surface area contributed by atoms with Gasteiger partial charge in [0.2, 0.25) is 0 Å². The van der Waals surface area contributed by atoms with Crippen molar-refractivity contribution in [1.29, 1.82) is 0 Å². The highest BCUT2D eigenvalue weighted by Crippen LogP contribution is 2.24. The molecule has 0 aliphatic carbocycles. The van der Waals surface area contributed by atoms with Crippen LogP contribution in [0.5, 0.6) is 0 Å². The minimum Gasteiger partial charge on any atom is -0.329 e. The molecule has 1 unspecified atom stereocenters. The molecule has 1 nitrogen and oxygen atoms in total. The molecule has 0 aromatic heterocycles. The van der Waals surface area contributed by atoms with Crippen molar-refractivity contribution in [2.75, 3.05) is 6.54 Å². The molecule has 0 amide bonds. The molecule has 1 aromatic carbocycles. The Labute approximate surface area is 91.1 Å². The summed E-state index contributed by atoms with van der Waals surface area (Å²) < 4.78 is 0. The minimum absolute atomic E-state index is 0.500. The molecule has 1 rings (SSSR count). The summed E-state index contributed by atoms with van der Waals surface area (Å²) in [6.45, 7) is 7.31. The van der Waals surface area contributed by atoms with Gasteiger partial charge in [-0.05, 0) is 23.6 Å². The van der Waals surface area contributed by atoms with Gasteiger partial charge in [0.05, 0.1) is 0 Å². The zero-order valence-electron chi connectivity index (χ0n) is 9.16. The van der Waals surface area contributed by atoms with Crippen molar-refractivity contribution in [2.24, 2.45) is 5.73 Å². The van der Waals surface area contributed by atoms with Crippen molar-refractivity contribution in [3.05, 3.63) is 29.8 Å². The second-order valence-electron chi connectivity index (χ2n) is 3.89. The van der Waals surface area contributed by atoms with E-state index < -0.39 is 0 Å². The first-order valence-corrected chi connectivity index (χ1v) is 5.98. The molecule has 0 heterocycles. The first-order valence-electron chi connectivity index (χ1n) is 5.10. The van der Waals surface area contributed by atoms with Crippen LogP contribution in [0.15, 0.2) is 29.2 Å². The second kappa shape index (κ2) is 5.42. The Morgan fingerprint density at radius 3 is 2.14 bits per heavy atom. The summed E-state index contributed by atoms with van der Waals surface area (Å²) in [6.07, 6.45) is 0. The maximum absolute atomic E-state index is 5.58. The van der Waals surface area contributed by atoms with Crippen molar-refractivity contribution in [2.45, 2.75) is 36.8 Å². The highest BCUT2D eigenvalue weighted by atomic mass is 32.2. The molecule has 0 spiro atoms. The van der Waals surface area contributed by atoms with Gasteiger partial charge < -0.3 is 5.73 Å². The molecule has 14 heavy (non-hydrogen) atoms. The molecular formula is C12H19NS. The van der Waals surface area contributed by atoms with E-state index in [1.54, 1.807) is 0 Å². The summed E-state index contributed by atoms with van der Waals surface area (Å²) in [7, 11) is 0. The second-order valence-corrected chi connectivity index (χ2v) is 5.40. The Kier molecular flexibility index (Phi) is 4.49. The Bertz CT molecular complexity index is 266. The van der Waals surface area contributed by atoms with E-state index in [1.807, 2.05) is 11.8 Å². The lowest BCUT2D eigenvalue weighted by molar-refractivity contribution is 0.864. The average Bonchev–Trinajstić information content (AvgIpc) is 2.18. The van der Waals surface area contributed by atoms with E-state index in [-0.39, 0.29) is 0 Å². The van der Waals surface area contributed by atoms with Crippen LogP contribution in [0, 0.1) is 0 Å². The summed E-state index contributed by atoms with van der Waals surface area (Å²) in [5.74, 6) is 0.612. The van der Waals surface area contributed by atoms with Crippen LogP contribution in [0.3, 0.4) is 0 Å². The zero-order valence-corrected chi connectivity index (χ0v) is 9.97. The molecule has 0 fully saturated rings. The lowest BCUT2D eigenvalue weighted by Gasteiger charge is -2.09. The van der Waals surface area contributed by atoms with Crippen molar-refractivity contribution < 1.29 is 0 Å². The van der Waals surface area contributed by atoms with Crippen LogP contribution in [-0.2, 0) is 0 Å². The van der Waals surface area contributed by atoms with Crippen LogP contribution in [0.4, 0.5) is 0 Å². The molecular weight excluding hydrogens is 190 g/mol. The summed E-state index contributed by atoms with van der Waals surface area (Å²) in [5, 5.41) is 0.500. The van der Waals surface area contributed by atoms with Gasteiger partial charge in [-0.2, -0.15) is 0 Å². The van der Waals surface area contributed by atoms with Gasteiger partial charge in [0, 0.05) is 16.7 Å². The number of nitrogens with two attached hydrogens (primary N) is 1. The molecule has 1 aromatic rings. The molecule has 0 saturated carbocycles. The summed E-state index contributed by atoms with van der Waals surface area (Å²) in [6, 6.07) is 8.78. The largest absolute Gasteiger partial charge is 0.329 e. The normalized spacial score (nSPS) is 13.2. The monoisotopic (exact) mass is 209 g/mol. The predicted octanol–water partition coefficient (Wildman–Crippen LogP) is 3.25. The topological polar surface area (TPSA) is 26.0 Å². The van der Waals surface area contributed by atoms with Gasteiger partial charge in [-0.3, -0.25) is 0 Å². The highest BCUT2D eigenvalue weighted by Gasteiger charge is 2.02. The molecule has 2 N–H and O–H groups in total. The van der Waals surface area contributed by atoms with E-state index in [4.69, 9.17) is 5.73 Å². The van der Waals surface area contributed by atoms with E-state index in [0.29, 0.717) is 11.2 Å². The molecule has 0 aliphatic rings. The van der Waals surface area contributed by atoms with Crippen LogP contribution in [-0.4, -0.2) is 11.8 Å².